The second kappa shape index (κ2) is 11.7. The van der Waals surface area contributed by atoms with E-state index in [1.807, 2.05) is 12.1 Å². The summed E-state index contributed by atoms with van der Waals surface area (Å²) in [5.74, 6) is 0.445. The highest BCUT2D eigenvalue weighted by Gasteiger charge is 2.21. The van der Waals surface area contributed by atoms with E-state index in [1.54, 1.807) is 35.2 Å². The summed E-state index contributed by atoms with van der Waals surface area (Å²) in [5, 5.41) is 1.83. The third-order valence-corrected chi connectivity index (χ3v) is 6.20. The molecule has 30 heavy (non-hydrogen) atoms. The zero-order chi connectivity index (χ0) is 20.8. The van der Waals surface area contributed by atoms with Gasteiger partial charge in [-0.05, 0) is 49.5 Å². The van der Waals surface area contributed by atoms with Crippen LogP contribution in [0, 0.1) is 0 Å². The highest BCUT2D eigenvalue weighted by Crippen LogP contribution is 2.33. The van der Waals surface area contributed by atoms with E-state index in [0.29, 0.717) is 33.0 Å². The maximum atomic E-state index is 13.0. The molecule has 0 aliphatic carbocycles. The minimum atomic E-state index is -0.151. The number of rotatable bonds is 9. The molecule has 0 aliphatic heterocycles. The molecule has 0 unspecified atom stereocenters. The van der Waals surface area contributed by atoms with Crippen LogP contribution in [0.5, 0.6) is 5.75 Å². The molecule has 9 heteroatoms. The van der Waals surface area contributed by atoms with Crippen LogP contribution in [-0.2, 0) is 4.79 Å². The molecule has 1 aromatic heterocycles. The maximum Gasteiger partial charge on any atom is 0.266 e. The van der Waals surface area contributed by atoms with Crippen LogP contribution in [0.25, 0.3) is 10.2 Å². The van der Waals surface area contributed by atoms with E-state index in [-0.39, 0.29) is 24.9 Å². The smallest absolute Gasteiger partial charge is 0.266 e. The zero-order valence-corrected chi connectivity index (χ0v) is 20.0. The number of halogens is 3. The fourth-order valence-corrected chi connectivity index (χ4v) is 4.32. The summed E-state index contributed by atoms with van der Waals surface area (Å²) < 4.78 is 6.62. The topological polar surface area (TPSA) is 45.7 Å². The molecule has 1 heterocycles. The highest BCUT2D eigenvalue weighted by atomic mass is 35.5. The number of amides is 1. The second-order valence-electron chi connectivity index (χ2n) is 6.40. The number of para-hydroxylation sites is 1. The van der Waals surface area contributed by atoms with Crippen LogP contribution < -0.4 is 9.64 Å². The molecule has 3 rings (SSSR count). The average Bonchev–Trinajstić information content (AvgIpc) is 3.16. The van der Waals surface area contributed by atoms with Crippen molar-refractivity contribution in [3.8, 4) is 5.75 Å². The van der Waals surface area contributed by atoms with Crippen molar-refractivity contribution in [1.82, 2.24) is 9.88 Å². The number of likely N-dealkylation sites (N-methyl/N-ethyl adjacent to an activating group) is 1. The Labute approximate surface area is 197 Å². The van der Waals surface area contributed by atoms with Gasteiger partial charge >= 0.3 is 0 Å². The number of carbonyl (C=O) groups is 1. The third kappa shape index (κ3) is 6.22. The molecule has 3 aromatic rings. The molecular weight excluding hydrogens is 465 g/mol. The number of carbonyl (C=O) groups excluding carboxylic acids is 1. The summed E-state index contributed by atoms with van der Waals surface area (Å²) in [6.07, 6.45) is 0. The molecular formula is C21H24Cl3N3O2S. The lowest BCUT2D eigenvalue weighted by Crippen LogP contribution is -2.41. The number of fused-ring (bicyclic) bond motifs is 1. The standard InChI is InChI=1S/C21H23Cl2N3O2S.ClH/c1-3-25(4-2)12-13-26(19(27)14-28-16-10-8-15(22)9-11-16)21-24-20-17(23)6-5-7-18(20)29-21;/h5-11H,3-4,12-14H2,1-2H3;1H. The van der Waals surface area contributed by atoms with Crippen LogP contribution >= 0.6 is 46.9 Å². The lowest BCUT2D eigenvalue weighted by atomic mass is 10.3. The summed E-state index contributed by atoms with van der Waals surface area (Å²) in [6, 6.07) is 12.6. The first-order valence-corrected chi connectivity index (χ1v) is 11.0. The van der Waals surface area contributed by atoms with Gasteiger partial charge < -0.3 is 9.64 Å². The van der Waals surface area contributed by atoms with Gasteiger partial charge in [-0.1, -0.05) is 54.5 Å². The predicted molar refractivity (Wildman–Crippen MR) is 129 cm³/mol. The Morgan fingerprint density at radius 3 is 2.40 bits per heavy atom. The molecule has 162 valence electrons. The number of hydrogen-bond acceptors (Lipinski definition) is 5. The van der Waals surface area contributed by atoms with Crippen LogP contribution in [0.3, 0.4) is 0 Å². The fraction of sp³-hybridized carbons (Fsp3) is 0.333. The summed E-state index contributed by atoms with van der Waals surface area (Å²) >= 11 is 13.6. The Morgan fingerprint density at radius 2 is 1.77 bits per heavy atom. The first kappa shape index (κ1) is 24.7. The number of benzene rings is 2. The number of nitrogens with zero attached hydrogens (tertiary/aromatic N) is 3. The van der Waals surface area contributed by atoms with Gasteiger partial charge in [0.15, 0.2) is 11.7 Å². The second-order valence-corrected chi connectivity index (χ2v) is 8.25. The Hall–Kier alpha value is -1.57. The summed E-state index contributed by atoms with van der Waals surface area (Å²) in [6.45, 7) is 7.26. The molecule has 0 fully saturated rings. The van der Waals surface area contributed by atoms with Gasteiger partial charge in [0, 0.05) is 18.1 Å². The van der Waals surface area contributed by atoms with Crippen LogP contribution in [-0.4, -0.2) is 48.6 Å². The molecule has 0 radical (unpaired) electrons. The van der Waals surface area contributed by atoms with Crippen molar-refractivity contribution in [3.63, 3.8) is 0 Å². The third-order valence-electron chi connectivity index (χ3n) is 4.60. The minimum absolute atomic E-state index is 0. The maximum absolute atomic E-state index is 13.0. The van der Waals surface area contributed by atoms with E-state index < -0.39 is 0 Å². The molecule has 0 saturated heterocycles. The van der Waals surface area contributed by atoms with E-state index in [4.69, 9.17) is 27.9 Å². The van der Waals surface area contributed by atoms with Gasteiger partial charge in [-0.15, -0.1) is 12.4 Å². The Morgan fingerprint density at radius 1 is 1.07 bits per heavy atom. The lowest BCUT2D eigenvalue weighted by Gasteiger charge is -2.24. The van der Waals surface area contributed by atoms with Gasteiger partial charge in [-0.2, -0.15) is 0 Å². The van der Waals surface area contributed by atoms with Crippen molar-refractivity contribution in [2.75, 3.05) is 37.7 Å². The lowest BCUT2D eigenvalue weighted by molar-refractivity contribution is -0.120. The number of aromatic nitrogens is 1. The molecule has 5 nitrogen and oxygen atoms in total. The van der Waals surface area contributed by atoms with E-state index in [0.717, 1.165) is 24.3 Å². The van der Waals surface area contributed by atoms with Crippen LogP contribution in [0.4, 0.5) is 5.13 Å². The average molecular weight is 489 g/mol. The molecule has 0 atom stereocenters. The Bertz CT molecular complexity index is 962. The molecule has 0 saturated carbocycles. The van der Waals surface area contributed by atoms with Crippen molar-refractivity contribution in [2.45, 2.75) is 13.8 Å². The summed E-state index contributed by atoms with van der Waals surface area (Å²) in [7, 11) is 0. The number of hydrogen-bond donors (Lipinski definition) is 0. The van der Waals surface area contributed by atoms with Gasteiger partial charge in [0.1, 0.15) is 11.3 Å². The predicted octanol–water partition coefficient (Wildman–Crippen LogP) is 5.78. The van der Waals surface area contributed by atoms with Gasteiger partial charge in [-0.25, -0.2) is 4.98 Å². The monoisotopic (exact) mass is 487 g/mol. The Kier molecular flexibility index (Phi) is 9.65. The molecule has 2 aromatic carbocycles. The normalized spacial score (nSPS) is 10.8. The Balaban J connectivity index is 0.00000320. The van der Waals surface area contributed by atoms with Gasteiger partial charge in [0.25, 0.3) is 5.91 Å². The molecule has 0 N–H and O–H groups in total. The van der Waals surface area contributed by atoms with Crippen molar-refractivity contribution in [3.05, 3.63) is 52.5 Å². The van der Waals surface area contributed by atoms with E-state index in [1.165, 1.54) is 11.3 Å². The van der Waals surface area contributed by atoms with E-state index in [9.17, 15) is 4.79 Å². The minimum Gasteiger partial charge on any atom is -0.484 e. The van der Waals surface area contributed by atoms with E-state index >= 15 is 0 Å². The number of anilines is 1. The highest BCUT2D eigenvalue weighted by molar-refractivity contribution is 7.22. The first-order valence-electron chi connectivity index (χ1n) is 9.48. The number of ether oxygens (including phenoxy) is 1. The molecule has 1 amide bonds. The largest absolute Gasteiger partial charge is 0.484 e. The van der Waals surface area contributed by atoms with Gasteiger partial charge in [0.05, 0.1) is 9.72 Å². The first-order chi connectivity index (χ1) is 14.0. The summed E-state index contributed by atoms with van der Waals surface area (Å²) in [4.78, 5) is 21.6. The zero-order valence-electron chi connectivity index (χ0n) is 16.8. The van der Waals surface area contributed by atoms with Crippen molar-refractivity contribution < 1.29 is 9.53 Å². The van der Waals surface area contributed by atoms with Gasteiger partial charge in [0.2, 0.25) is 0 Å². The molecule has 0 aliphatic rings. The fourth-order valence-electron chi connectivity index (χ4n) is 2.88. The van der Waals surface area contributed by atoms with Crippen molar-refractivity contribution in [2.24, 2.45) is 0 Å². The van der Waals surface area contributed by atoms with Gasteiger partial charge in [-0.3, -0.25) is 9.69 Å². The van der Waals surface area contributed by atoms with Crippen LogP contribution in [0.1, 0.15) is 13.8 Å². The molecule has 0 bridgehead atoms. The van der Waals surface area contributed by atoms with E-state index in [2.05, 4.69) is 23.7 Å². The quantitative estimate of drug-likeness (QED) is 0.383. The van der Waals surface area contributed by atoms with Crippen LogP contribution in [0.2, 0.25) is 10.0 Å². The van der Waals surface area contributed by atoms with Crippen LogP contribution in [0.15, 0.2) is 42.5 Å². The SMILES string of the molecule is CCN(CC)CCN(C(=O)COc1ccc(Cl)cc1)c1nc2c(Cl)cccc2s1.Cl. The van der Waals surface area contributed by atoms with Crippen molar-refractivity contribution in [1.29, 1.82) is 0 Å². The summed E-state index contributed by atoms with van der Waals surface area (Å²) in [5.41, 5.74) is 0.716. The number of thiazole rings is 1. The molecule has 0 spiro atoms. The van der Waals surface area contributed by atoms with Crippen molar-refractivity contribution >= 4 is 68.2 Å².